The van der Waals surface area contributed by atoms with Crippen LogP contribution in [-0.4, -0.2) is 22.6 Å². The Morgan fingerprint density at radius 2 is 1.32 bits per heavy atom. The van der Waals surface area contributed by atoms with Gasteiger partial charge in [0.15, 0.2) is 0 Å². The second-order valence-corrected chi connectivity index (χ2v) is 20.7. The van der Waals surface area contributed by atoms with Crippen LogP contribution in [0, 0.1) is 40.0 Å². The molecule has 57 heavy (non-hydrogen) atoms. The Bertz CT molecular complexity index is 2770. The predicted molar refractivity (Wildman–Crippen MR) is 236 cm³/mol. The maximum atomic E-state index is 5.99. The summed E-state index contributed by atoms with van der Waals surface area (Å²) in [5, 5.41) is 2.40. The van der Waals surface area contributed by atoms with Gasteiger partial charge in [-0.1, -0.05) is 122 Å². The molecule has 4 nitrogen and oxygen atoms in total. The molecule has 3 aromatic heterocycles. The molecule has 0 fully saturated rings. The zero-order valence-corrected chi connectivity index (χ0v) is 36.8. The van der Waals surface area contributed by atoms with Crippen molar-refractivity contribution in [3.63, 3.8) is 0 Å². The van der Waals surface area contributed by atoms with Crippen molar-refractivity contribution in [3.8, 4) is 50.6 Å². The van der Waals surface area contributed by atoms with Crippen LogP contribution in [0.2, 0.25) is 19.6 Å². The Hall–Kier alpha value is -5.65. The topological polar surface area (TPSA) is 43.9 Å². The second kappa shape index (κ2) is 16.4. The third-order valence-electron chi connectivity index (χ3n) is 10.5. The normalized spacial score (nSPS) is 11.3. The van der Waals surface area contributed by atoms with Gasteiger partial charge < -0.3 is 14.0 Å². The summed E-state index contributed by atoms with van der Waals surface area (Å²) < 4.78 is 8.23. The molecule has 0 unspecified atom stereocenters. The van der Waals surface area contributed by atoms with Crippen LogP contribution in [0.1, 0.15) is 22.3 Å². The number of pyridine rings is 1. The number of aromatic nitrogens is 3. The van der Waals surface area contributed by atoms with Gasteiger partial charge in [-0.25, -0.2) is 0 Å². The molecular formula is C51H45IrN3OSi-2. The largest absolute Gasteiger partial charge is 0.557 e. The standard InChI is InChI=1S/C37H29N2O.C14H16NSi.Ir/c1-23-11-10-12-24(2)35(23)28-17-18-34-30(21-28)31(22-40-34)37-38-32-15-8-9-16-33(32)39(37)29-19-25(3)36(26(4)20-29)27-13-6-5-7-14-27;1-16(2,3)13-9-10-14(15-11-13)12-7-5-4-6-8-12;/h5-21H,1-4H3;4-7,9-11H,1-3H3;/q2*-1;. The third-order valence-corrected chi connectivity index (χ3v) is 12.5. The molecule has 0 bridgehead atoms. The molecule has 0 aliphatic rings. The number of benzene rings is 6. The van der Waals surface area contributed by atoms with Crippen LogP contribution in [0.15, 0.2) is 150 Å². The van der Waals surface area contributed by atoms with Gasteiger partial charge in [0.05, 0.1) is 24.9 Å². The molecule has 1 radical (unpaired) electrons. The summed E-state index contributed by atoms with van der Waals surface area (Å²) in [5.74, 6) is 0.824. The molecule has 0 saturated heterocycles. The van der Waals surface area contributed by atoms with Crippen molar-refractivity contribution < 1.29 is 24.5 Å². The van der Waals surface area contributed by atoms with Crippen molar-refractivity contribution in [3.05, 3.63) is 180 Å². The van der Waals surface area contributed by atoms with Crippen LogP contribution in [0.25, 0.3) is 72.6 Å². The van der Waals surface area contributed by atoms with E-state index in [1.165, 1.54) is 49.7 Å². The molecule has 0 saturated carbocycles. The Morgan fingerprint density at radius 1 is 0.632 bits per heavy atom. The van der Waals surface area contributed by atoms with Gasteiger partial charge >= 0.3 is 0 Å². The van der Waals surface area contributed by atoms with Crippen LogP contribution in [0.5, 0.6) is 0 Å². The van der Waals surface area contributed by atoms with E-state index in [0.717, 1.165) is 50.3 Å². The number of aryl methyl sites for hydroxylation is 4. The van der Waals surface area contributed by atoms with E-state index >= 15 is 0 Å². The van der Waals surface area contributed by atoms with Crippen molar-refractivity contribution >= 4 is 35.3 Å². The van der Waals surface area contributed by atoms with Crippen molar-refractivity contribution in [2.75, 3.05) is 0 Å². The zero-order chi connectivity index (χ0) is 39.0. The maximum absolute atomic E-state index is 5.99. The summed E-state index contributed by atoms with van der Waals surface area (Å²) >= 11 is 0. The molecule has 9 aromatic rings. The van der Waals surface area contributed by atoms with Gasteiger partial charge in [0, 0.05) is 43.8 Å². The summed E-state index contributed by atoms with van der Waals surface area (Å²) in [6.07, 6.45) is 5.23. The van der Waals surface area contributed by atoms with Gasteiger partial charge in [-0.2, -0.15) is 0 Å². The van der Waals surface area contributed by atoms with Crippen molar-refractivity contribution in [2.45, 2.75) is 47.3 Å². The fourth-order valence-electron chi connectivity index (χ4n) is 7.70. The summed E-state index contributed by atoms with van der Waals surface area (Å²) in [4.78, 5) is 9.65. The summed E-state index contributed by atoms with van der Waals surface area (Å²) in [6.45, 7) is 15.7. The first kappa shape index (κ1) is 39.6. The average Bonchev–Trinajstić information content (AvgIpc) is 3.80. The van der Waals surface area contributed by atoms with Crippen LogP contribution < -0.4 is 5.19 Å². The molecule has 0 spiro atoms. The first-order valence-electron chi connectivity index (χ1n) is 19.2. The molecule has 6 aromatic carbocycles. The number of nitrogens with zero attached hydrogens (tertiary/aromatic N) is 3. The molecule has 0 aliphatic heterocycles. The predicted octanol–water partition coefficient (Wildman–Crippen LogP) is 12.9. The molecule has 6 heteroatoms. The van der Waals surface area contributed by atoms with Crippen LogP contribution in [0.3, 0.4) is 0 Å². The molecule has 0 atom stereocenters. The molecule has 9 rings (SSSR count). The fraction of sp³-hybridized carbons (Fsp3) is 0.137. The number of imidazole rings is 1. The Morgan fingerprint density at radius 3 is 1.98 bits per heavy atom. The number of hydrogen-bond donors (Lipinski definition) is 0. The minimum absolute atomic E-state index is 0. The number of hydrogen-bond acceptors (Lipinski definition) is 3. The van der Waals surface area contributed by atoms with E-state index in [-0.39, 0.29) is 20.1 Å². The summed E-state index contributed by atoms with van der Waals surface area (Å²) in [5.41, 5.74) is 16.7. The van der Waals surface area contributed by atoms with Gasteiger partial charge in [-0.05, 0) is 107 Å². The van der Waals surface area contributed by atoms with Gasteiger partial charge in [0.25, 0.3) is 0 Å². The number of furan rings is 1. The minimum Gasteiger partial charge on any atom is -0.557 e. The summed E-state index contributed by atoms with van der Waals surface area (Å²) in [7, 11) is -1.23. The van der Waals surface area contributed by atoms with Crippen LogP contribution in [-0.2, 0) is 20.1 Å². The first-order valence-corrected chi connectivity index (χ1v) is 22.7. The minimum atomic E-state index is -1.23. The number of para-hydroxylation sites is 2. The fourth-order valence-corrected chi connectivity index (χ4v) is 8.74. The van der Waals surface area contributed by atoms with Crippen LogP contribution >= 0.6 is 0 Å². The van der Waals surface area contributed by atoms with E-state index in [9.17, 15) is 0 Å². The van der Waals surface area contributed by atoms with E-state index in [1.807, 2.05) is 42.6 Å². The van der Waals surface area contributed by atoms with Crippen molar-refractivity contribution in [2.24, 2.45) is 0 Å². The monoisotopic (exact) mass is 936 g/mol. The number of rotatable bonds is 6. The van der Waals surface area contributed by atoms with E-state index in [4.69, 9.17) is 9.40 Å². The molecule has 0 aliphatic carbocycles. The van der Waals surface area contributed by atoms with E-state index in [1.54, 1.807) is 0 Å². The third kappa shape index (κ3) is 7.99. The van der Waals surface area contributed by atoms with Gasteiger partial charge in [-0.15, -0.1) is 35.9 Å². The van der Waals surface area contributed by atoms with E-state index in [0.29, 0.717) is 0 Å². The van der Waals surface area contributed by atoms with E-state index in [2.05, 4.69) is 172 Å². The SMILES string of the molecule is C[Si](C)(C)c1ccc(-c2[c-]cccc2)nc1.Cc1cccc(C)c1-c1ccc2o[c-]c(-c3nc4ccccc4n3-c3cc(C)c(-c4ccccc4)c(C)c3)c2c1.[Ir]. The van der Waals surface area contributed by atoms with E-state index < -0.39 is 8.07 Å². The van der Waals surface area contributed by atoms with Gasteiger partial charge in [0.1, 0.15) is 0 Å². The molecule has 3 heterocycles. The Kier molecular flexibility index (Phi) is 11.4. The van der Waals surface area contributed by atoms with Crippen molar-refractivity contribution in [1.29, 1.82) is 0 Å². The van der Waals surface area contributed by atoms with Gasteiger partial charge in [-0.3, -0.25) is 4.98 Å². The molecule has 0 N–H and O–H groups in total. The Balaban J connectivity index is 0.000000246. The molecular weight excluding hydrogens is 891 g/mol. The second-order valence-electron chi connectivity index (χ2n) is 15.6. The maximum Gasteiger partial charge on any atom is 0.0795 e. The van der Waals surface area contributed by atoms with Crippen molar-refractivity contribution in [1.82, 2.24) is 14.5 Å². The molecule has 0 amide bonds. The van der Waals surface area contributed by atoms with Gasteiger partial charge in [0.2, 0.25) is 0 Å². The first-order chi connectivity index (χ1) is 27.1. The summed E-state index contributed by atoms with van der Waals surface area (Å²) in [6, 6.07) is 51.7. The quantitative estimate of drug-likeness (QED) is 0.123. The number of fused-ring (bicyclic) bond motifs is 2. The zero-order valence-electron chi connectivity index (χ0n) is 33.4. The smallest absolute Gasteiger partial charge is 0.0795 e. The molecule has 285 valence electrons. The Labute approximate surface area is 350 Å². The van der Waals surface area contributed by atoms with Crippen LogP contribution in [0.4, 0.5) is 0 Å². The average molecular weight is 936 g/mol.